The van der Waals surface area contributed by atoms with Gasteiger partial charge in [-0.25, -0.2) is 0 Å². The average Bonchev–Trinajstić information content (AvgIpc) is 2.51. The molecule has 20 heavy (non-hydrogen) atoms. The lowest BCUT2D eigenvalue weighted by atomic mass is 10.0. The number of ether oxygens (including phenoxy) is 1. The number of alkyl halides is 1. The van der Waals surface area contributed by atoms with E-state index in [4.69, 9.17) is 4.74 Å². The Morgan fingerprint density at radius 3 is 2.30 bits per heavy atom. The lowest BCUT2D eigenvalue weighted by molar-refractivity contribution is 0.298. The topological polar surface area (TPSA) is 9.23 Å². The monoisotopic (exact) mass is 332 g/mol. The molecule has 0 saturated heterocycles. The number of halogens is 1. The van der Waals surface area contributed by atoms with E-state index in [0.29, 0.717) is 12.5 Å². The summed E-state index contributed by atoms with van der Waals surface area (Å²) in [6.07, 6.45) is 2.31. The molecule has 0 radical (unpaired) electrons. The molecule has 1 nitrogen and oxygen atoms in total. The lowest BCUT2D eigenvalue weighted by Crippen LogP contribution is -2.11. The quantitative estimate of drug-likeness (QED) is 0.633. The Bertz CT molecular complexity index is 493. The molecule has 0 spiro atoms. The van der Waals surface area contributed by atoms with Gasteiger partial charge in [0.15, 0.2) is 0 Å². The van der Waals surface area contributed by atoms with Crippen LogP contribution in [0, 0.1) is 0 Å². The molecule has 0 aromatic heterocycles. The highest BCUT2D eigenvalue weighted by molar-refractivity contribution is 9.09. The van der Waals surface area contributed by atoms with Crippen LogP contribution < -0.4 is 4.74 Å². The zero-order valence-corrected chi connectivity index (χ0v) is 13.5. The van der Waals surface area contributed by atoms with Gasteiger partial charge < -0.3 is 4.74 Å². The summed E-state index contributed by atoms with van der Waals surface area (Å²) in [6.45, 7) is 2.90. The maximum Gasteiger partial charge on any atom is 0.119 e. The van der Waals surface area contributed by atoms with Gasteiger partial charge in [0.05, 0.1) is 6.61 Å². The molecule has 0 aliphatic rings. The SMILES string of the molecule is CCCc1ccc(OCC(CBr)c2ccccc2)cc1. The van der Waals surface area contributed by atoms with Gasteiger partial charge in [-0.3, -0.25) is 0 Å². The molecule has 0 aliphatic heterocycles. The maximum atomic E-state index is 5.92. The molecule has 2 heteroatoms. The van der Waals surface area contributed by atoms with E-state index in [-0.39, 0.29) is 0 Å². The second-order valence-corrected chi connectivity index (χ2v) is 5.61. The van der Waals surface area contributed by atoms with Gasteiger partial charge in [0.25, 0.3) is 0 Å². The van der Waals surface area contributed by atoms with E-state index < -0.39 is 0 Å². The van der Waals surface area contributed by atoms with Gasteiger partial charge in [-0.15, -0.1) is 0 Å². The molecular formula is C18H21BrO. The molecule has 2 rings (SSSR count). The highest BCUT2D eigenvalue weighted by Gasteiger charge is 2.10. The molecule has 1 atom stereocenters. The summed E-state index contributed by atoms with van der Waals surface area (Å²) >= 11 is 3.58. The molecule has 0 saturated carbocycles. The standard InChI is InChI=1S/C18H21BrO/c1-2-6-15-9-11-18(12-10-15)20-14-17(13-19)16-7-4-3-5-8-16/h3-5,7-12,17H,2,6,13-14H2,1H3. The molecule has 0 fully saturated rings. The second kappa shape index (κ2) is 8.11. The first-order chi connectivity index (χ1) is 9.83. The van der Waals surface area contributed by atoms with E-state index >= 15 is 0 Å². The molecule has 0 heterocycles. The van der Waals surface area contributed by atoms with E-state index in [2.05, 4.69) is 71.4 Å². The van der Waals surface area contributed by atoms with Gasteiger partial charge in [-0.2, -0.15) is 0 Å². The van der Waals surface area contributed by atoms with Crippen LogP contribution in [0.2, 0.25) is 0 Å². The Morgan fingerprint density at radius 1 is 1.00 bits per heavy atom. The summed E-state index contributed by atoms with van der Waals surface area (Å²) in [5, 5.41) is 0.908. The molecule has 2 aromatic rings. The average molecular weight is 333 g/mol. The van der Waals surface area contributed by atoms with E-state index in [1.807, 2.05) is 6.07 Å². The van der Waals surface area contributed by atoms with Gasteiger partial charge in [0.1, 0.15) is 5.75 Å². The van der Waals surface area contributed by atoms with Crippen LogP contribution in [0.4, 0.5) is 0 Å². The minimum absolute atomic E-state index is 0.381. The Kier molecular flexibility index (Phi) is 6.13. The highest BCUT2D eigenvalue weighted by atomic mass is 79.9. The van der Waals surface area contributed by atoms with Crippen LogP contribution in [0.5, 0.6) is 5.75 Å². The van der Waals surface area contributed by atoms with Crippen LogP contribution in [-0.4, -0.2) is 11.9 Å². The minimum Gasteiger partial charge on any atom is -0.493 e. The van der Waals surface area contributed by atoms with E-state index in [9.17, 15) is 0 Å². The first-order valence-electron chi connectivity index (χ1n) is 7.16. The van der Waals surface area contributed by atoms with Crippen molar-refractivity contribution >= 4 is 15.9 Å². The number of hydrogen-bond acceptors (Lipinski definition) is 1. The van der Waals surface area contributed by atoms with E-state index in [0.717, 1.165) is 17.5 Å². The van der Waals surface area contributed by atoms with Gasteiger partial charge in [-0.1, -0.05) is 71.7 Å². The van der Waals surface area contributed by atoms with E-state index in [1.54, 1.807) is 0 Å². The third-order valence-corrected chi connectivity index (χ3v) is 4.15. The summed E-state index contributed by atoms with van der Waals surface area (Å²) in [5.74, 6) is 1.33. The van der Waals surface area contributed by atoms with Crippen molar-refractivity contribution in [1.82, 2.24) is 0 Å². The van der Waals surface area contributed by atoms with Crippen molar-refractivity contribution in [1.29, 1.82) is 0 Å². The normalized spacial score (nSPS) is 12.1. The fraction of sp³-hybridized carbons (Fsp3) is 0.333. The van der Waals surface area contributed by atoms with Crippen LogP contribution in [0.3, 0.4) is 0 Å². The predicted octanol–water partition coefficient (Wildman–Crippen LogP) is 5.20. The molecule has 0 N–H and O–H groups in total. The van der Waals surface area contributed by atoms with Gasteiger partial charge in [0, 0.05) is 11.2 Å². The molecule has 0 bridgehead atoms. The van der Waals surface area contributed by atoms with Crippen molar-refractivity contribution < 1.29 is 4.74 Å². The zero-order valence-electron chi connectivity index (χ0n) is 11.9. The van der Waals surface area contributed by atoms with Gasteiger partial charge in [0.2, 0.25) is 0 Å². The predicted molar refractivity (Wildman–Crippen MR) is 88.9 cm³/mol. The fourth-order valence-electron chi connectivity index (χ4n) is 2.19. The number of rotatable bonds is 7. The van der Waals surface area contributed by atoms with Crippen LogP contribution in [0.15, 0.2) is 54.6 Å². The summed E-state index contributed by atoms with van der Waals surface area (Å²) in [4.78, 5) is 0. The summed E-state index contributed by atoms with van der Waals surface area (Å²) in [5.41, 5.74) is 2.69. The Balaban J connectivity index is 1.93. The molecular weight excluding hydrogens is 312 g/mol. The van der Waals surface area contributed by atoms with Crippen molar-refractivity contribution in [3.63, 3.8) is 0 Å². The zero-order chi connectivity index (χ0) is 14.2. The Hall–Kier alpha value is -1.28. The second-order valence-electron chi connectivity index (χ2n) is 4.97. The summed E-state index contributed by atoms with van der Waals surface area (Å²) in [7, 11) is 0. The smallest absolute Gasteiger partial charge is 0.119 e. The van der Waals surface area contributed by atoms with Crippen molar-refractivity contribution in [2.75, 3.05) is 11.9 Å². The van der Waals surface area contributed by atoms with Crippen molar-refractivity contribution in [2.24, 2.45) is 0 Å². The van der Waals surface area contributed by atoms with Gasteiger partial charge in [-0.05, 0) is 29.7 Å². The van der Waals surface area contributed by atoms with E-state index in [1.165, 1.54) is 17.5 Å². The van der Waals surface area contributed by atoms with Crippen LogP contribution in [-0.2, 0) is 6.42 Å². The third kappa shape index (κ3) is 4.38. The number of aryl methyl sites for hydroxylation is 1. The summed E-state index contributed by atoms with van der Waals surface area (Å²) in [6, 6.07) is 19.0. The van der Waals surface area contributed by atoms with Crippen molar-refractivity contribution in [3.05, 3.63) is 65.7 Å². The molecule has 106 valence electrons. The van der Waals surface area contributed by atoms with Crippen LogP contribution in [0.25, 0.3) is 0 Å². The maximum absolute atomic E-state index is 5.92. The largest absolute Gasteiger partial charge is 0.493 e. The van der Waals surface area contributed by atoms with Gasteiger partial charge >= 0.3 is 0 Å². The van der Waals surface area contributed by atoms with Crippen molar-refractivity contribution in [3.8, 4) is 5.75 Å². The number of benzene rings is 2. The third-order valence-electron chi connectivity index (χ3n) is 3.37. The number of hydrogen-bond donors (Lipinski definition) is 0. The Labute approximate surface area is 130 Å². The van der Waals surface area contributed by atoms with Crippen LogP contribution >= 0.6 is 15.9 Å². The Morgan fingerprint density at radius 2 is 1.70 bits per heavy atom. The molecule has 2 aromatic carbocycles. The van der Waals surface area contributed by atoms with Crippen molar-refractivity contribution in [2.45, 2.75) is 25.7 Å². The first-order valence-corrected chi connectivity index (χ1v) is 8.28. The molecule has 0 aliphatic carbocycles. The van der Waals surface area contributed by atoms with Crippen LogP contribution in [0.1, 0.15) is 30.4 Å². The minimum atomic E-state index is 0.381. The molecule has 0 amide bonds. The fourth-order valence-corrected chi connectivity index (χ4v) is 2.75. The lowest BCUT2D eigenvalue weighted by Gasteiger charge is -2.16. The highest BCUT2D eigenvalue weighted by Crippen LogP contribution is 2.21. The first kappa shape index (κ1) is 15.1. The summed E-state index contributed by atoms with van der Waals surface area (Å²) < 4.78 is 5.92. The molecule has 1 unspecified atom stereocenters.